The van der Waals surface area contributed by atoms with E-state index in [0.29, 0.717) is 0 Å². The zero-order valence-electron chi connectivity index (χ0n) is 8.89. The van der Waals surface area contributed by atoms with E-state index in [4.69, 9.17) is 11.6 Å². The van der Waals surface area contributed by atoms with Crippen molar-refractivity contribution in [2.75, 3.05) is 7.11 Å². The molecular formula is C9H7ClF5NO2. The molecule has 1 aromatic heterocycles. The van der Waals surface area contributed by atoms with Gasteiger partial charge in [-0.1, -0.05) is 0 Å². The standard InChI is InChI=1S/C9H7ClF5NO2/c1-17-8-5(18-9(13,14)15)2-4(3-10)6(16-8)7(11)12/h2,7H,3H2,1H3. The molecule has 0 radical (unpaired) electrons. The van der Waals surface area contributed by atoms with Crippen molar-refractivity contribution in [2.45, 2.75) is 18.7 Å². The van der Waals surface area contributed by atoms with Crippen LogP contribution in [0, 0.1) is 0 Å². The molecule has 1 aromatic rings. The van der Waals surface area contributed by atoms with Gasteiger partial charge in [-0.2, -0.15) is 0 Å². The molecule has 0 bridgehead atoms. The molecule has 0 N–H and O–H groups in total. The van der Waals surface area contributed by atoms with E-state index >= 15 is 0 Å². The average molecular weight is 292 g/mol. The summed E-state index contributed by atoms with van der Waals surface area (Å²) in [5, 5.41) is 0. The molecule has 102 valence electrons. The molecule has 0 aromatic carbocycles. The van der Waals surface area contributed by atoms with Crippen molar-refractivity contribution in [1.82, 2.24) is 4.98 Å². The number of nitrogens with zero attached hydrogens (tertiary/aromatic N) is 1. The molecule has 0 aliphatic rings. The normalized spacial score (nSPS) is 11.8. The highest BCUT2D eigenvalue weighted by Crippen LogP contribution is 2.35. The van der Waals surface area contributed by atoms with E-state index in [-0.39, 0.29) is 5.56 Å². The Morgan fingerprint density at radius 3 is 2.39 bits per heavy atom. The van der Waals surface area contributed by atoms with Crippen LogP contribution in [0.4, 0.5) is 22.0 Å². The molecule has 3 nitrogen and oxygen atoms in total. The molecule has 0 fully saturated rings. The molecule has 0 aliphatic heterocycles. The third kappa shape index (κ3) is 3.59. The molecule has 0 unspecified atom stereocenters. The van der Waals surface area contributed by atoms with Gasteiger partial charge in [0.05, 0.1) is 7.11 Å². The molecule has 1 heterocycles. The van der Waals surface area contributed by atoms with E-state index < -0.39 is 36.0 Å². The van der Waals surface area contributed by atoms with Crippen molar-refractivity contribution in [3.63, 3.8) is 0 Å². The fourth-order valence-electron chi connectivity index (χ4n) is 1.17. The topological polar surface area (TPSA) is 31.4 Å². The third-order valence-corrected chi connectivity index (χ3v) is 2.12. The summed E-state index contributed by atoms with van der Waals surface area (Å²) in [6.45, 7) is 0. The van der Waals surface area contributed by atoms with Crippen molar-refractivity contribution in [2.24, 2.45) is 0 Å². The summed E-state index contributed by atoms with van der Waals surface area (Å²) in [5.74, 6) is -1.92. The Hall–Kier alpha value is -1.31. The summed E-state index contributed by atoms with van der Waals surface area (Å²) < 4.78 is 69.4. The summed E-state index contributed by atoms with van der Waals surface area (Å²) in [6.07, 6.45) is -7.96. The van der Waals surface area contributed by atoms with Gasteiger partial charge in [-0.05, 0) is 11.6 Å². The number of aromatic nitrogens is 1. The maximum Gasteiger partial charge on any atom is 0.573 e. The number of pyridine rings is 1. The Morgan fingerprint density at radius 1 is 1.39 bits per heavy atom. The lowest BCUT2D eigenvalue weighted by Crippen LogP contribution is -2.18. The smallest absolute Gasteiger partial charge is 0.478 e. The molecule has 0 atom stereocenters. The second kappa shape index (κ2) is 5.55. The lowest BCUT2D eigenvalue weighted by Gasteiger charge is -2.14. The number of halogens is 6. The van der Waals surface area contributed by atoms with Gasteiger partial charge in [0.15, 0.2) is 5.75 Å². The van der Waals surface area contributed by atoms with Crippen LogP contribution < -0.4 is 9.47 Å². The highest BCUT2D eigenvalue weighted by molar-refractivity contribution is 6.17. The van der Waals surface area contributed by atoms with E-state index in [9.17, 15) is 22.0 Å². The van der Waals surface area contributed by atoms with Crippen LogP contribution in [0.5, 0.6) is 11.6 Å². The summed E-state index contributed by atoms with van der Waals surface area (Å²) in [5.41, 5.74) is -0.997. The Balaban J connectivity index is 3.26. The number of methoxy groups -OCH3 is 1. The van der Waals surface area contributed by atoms with Gasteiger partial charge in [0.25, 0.3) is 12.3 Å². The zero-order chi connectivity index (χ0) is 13.9. The van der Waals surface area contributed by atoms with E-state index in [0.717, 1.165) is 13.2 Å². The molecule has 18 heavy (non-hydrogen) atoms. The molecule has 0 spiro atoms. The summed E-state index contributed by atoms with van der Waals surface area (Å²) in [4.78, 5) is 3.26. The lowest BCUT2D eigenvalue weighted by atomic mass is 10.2. The zero-order valence-corrected chi connectivity index (χ0v) is 9.65. The van der Waals surface area contributed by atoms with Gasteiger partial charge in [-0.15, -0.1) is 24.8 Å². The van der Waals surface area contributed by atoms with Gasteiger partial charge >= 0.3 is 6.36 Å². The van der Waals surface area contributed by atoms with Crippen LogP contribution in [0.3, 0.4) is 0 Å². The maximum absolute atomic E-state index is 12.6. The molecule has 1 rings (SSSR count). The largest absolute Gasteiger partial charge is 0.573 e. The molecule has 0 saturated heterocycles. The number of alkyl halides is 6. The number of hydrogen-bond donors (Lipinski definition) is 0. The Bertz CT molecular complexity index is 424. The third-order valence-electron chi connectivity index (χ3n) is 1.84. The number of ether oxygens (including phenoxy) is 2. The van der Waals surface area contributed by atoms with Crippen LogP contribution in [-0.4, -0.2) is 18.5 Å². The minimum absolute atomic E-state index is 0.258. The molecular weight excluding hydrogens is 285 g/mol. The maximum atomic E-state index is 12.6. The van der Waals surface area contributed by atoms with Crippen LogP contribution in [0.15, 0.2) is 6.07 Å². The quantitative estimate of drug-likeness (QED) is 0.626. The summed E-state index contributed by atoms with van der Waals surface area (Å²) in [6, 6.07) is 0.730. The highest BCUT2D eigenvalue weighted by Gasteiger charge is 2.33. The van der Waals surface area contributed by atoms with Crippen LogP contribution in [0.1, 0.15) is 17.7 Å². The predicted octanol–water partition coefficient (Wildman–Crippen LogP) is 3.67. The first-order valence-electron chi connectivity index (χ1n) is 4.46. The number of rotatable bonds is 4. The van der Waals surface area contributed by atoms with Gasteiger partial charge in [0.2, 0.25) is 0 Å². The van der Waals surface area contributed by atoms with E-state index in [1.165, 1.54) is 0 Å². The highest BCUT2D eigenvalue weighted by atomic mass is 35.5. The fraction of sp³-hybridized carbons (Fsp3) is 0.444. The second-order valence-electron chi connectivity index (χ2n) is 3.02. The minimum atomic E-state index is -4.98. The van der Waals surface area contributed by atoms with E-state index in [1.807, 2.05) is 0 Å². The monoisotopic (exact) mass is 291 g/mol. The molecule has 9 heteroatoms. The van der Waals surface area contributed by atoms with Gasteiger partial charge in [0, 0.05) is 5.88 Å². The fourth-order valence-corrected chi connectivity index (χ4v) is 1.38. The summed E-state index contributed by atoms with van der Waals surface area (Å²) in [7, 11) is 0.987. The van der Waals surface area contributed by atoms with Crippen molar-refractivity contribution >= 4 is 11.6 Å². The van der Waals surface area contributed by atoms with Crippen LogP contribution in [-0.2, 0) is 5.88 Å². The predicted molar refractivity (Wildman–Crippen MR) is 52.0 cm³/mol. The van der Waals surface area contributed by atoms with Crippen molar-refractivity contribution in [3.8, 4) is 11.6 Å². The first-order chi connectivity index (χ1) is 8.28. The van der Waals surface area contributed by atoms with Crippen molar-refractivity contribution < 1.29 is 31.4 Å². The Morgan fingerprint density at radius 2 is 2.00 bits per heavy atom. The van der Waals surface area contributed by atoms with Crippen LogP contribution in [0.2, 0.25) is 0 Å². The number of hydrogen-bond acceptors (Lipinski definition) is 3. The first kappa shape index (κ1) is 14.7. The molecule has 0 amide bonds. The molecule has 0 saturated carbocycles. The van der Waals surface area contributed by atoms with Gasteiger partial charge < -0.3 is 9.47 Å². The van der Waals surface area contributed by atoms with E-state index in [2.05, 4.69) is 14.5 Å². The SMILES string of the molecule is COc1nc(C(F)F)c(CCl)cc1OC(F)(F)F. The van der Waals surface area contributed by atoms with E-state index in [1.54, 1.807) is 0 Å². The summed E-state index contributed by atoms with van der Waals surface area (Å²) >= 11 is 5.36. The van der Waals surface area contributed by atoms with Gasteiger partial charge in [-0.3, -0.25) is 0 Å². The second-order valence-corrected chi connectivity index (χ2v) is 3.29. The Labute approximate surface area is 103 Å². The first-order valence-corrected chi connectivity index (χ1v) is 4.99. The Kier molecular flexibility index (Phi) is 4.55. The van der Waals surface area contributed by atoms with Crippen LogP contribution >= 0.6 is 11.6 Å². The lowest BCUT2D eigenvalue weighted by molar-refractivity contribution is -0.275. The van der Waals surface area contributed by atoms with Crippen molar-refractivity contribution in [3.05, 3.63) is 17.3 Å². The van der Waals surface area contributed by atoms with Gasteiger partial charge in [-0.25, -0.2) is 13.8 Å². The van der Waals surface area contributed by atoms with Crippen molar-refractivity contribution in [1.29, 1.82) is 0 Å². The van der Waals surface area contributed by atoms with Crippen LogP contribution in [0.25, 0.3) is 0 Å². The van der Waals surface area contributed by atoms with Gasteiger partial charge in [0.1, 0.15) is 5.69 Å². The average Bonchev–Trinajstić information content (AvgIpc) is 2.25. The minimum Gasteiger partial charge on any atom is -0.478 e. The molecule has 0 aliphatic carbocycles.